The first-order valence-electron chi connectivity index (χ1n) is 5.29. The fraction of sp³-hybridized carbons (Fsp3) is 0.417. The van der Waals surface area contributed by atoms with E-state index in [9.17, 15) is 4.79 Å². The number of aromatic carboxylic acids is 1. The molecule has 0 amide bonds. The quantitative estimate of drug-likeness (QED) is 0.876. The van der Waals surface area contributed by atoms with Crippen LogP contribution in [0.3, 0.4) is 0 Å². The van der Waals surface area contributed by atoms with Gasteiger partial charge in [0.1, 0.15) is 5.75 Å². The lowest BCUT2D eigenvalue weighted by atomic mass is 10.2. The largest absolute Gasteiger partial charge is 0.478 e. The zero-order chi connectivity index (χ0) is 11.8. The topological polar surface area (TPSA) is 46.5 Å². The van der Waals surface area contributed by atoms with Gasteiger partial charge in [0.05, 0.1) is 10.5 Å². The Hall–Kier alpha value is -1.16. The minimum atomic E-state index is -0.896. The summed E-state index contributed by atoms with van der Waals surface area (Å²) in [5, 5.41) is 8.90. The summed E-state index contributed by atoms with van der Waals surface area (Å²) >= 11 is 1.61. The first-order chi connectivity index (χ1) is 7.54. The van der Waals surface area contributed by atoms with Crippen LogP contribution in [0.1, 0.15) is 37.0 Å². The van der Waals surface area contributed by atoms with E-state index >= 15 is 0 Å². The fourth-order valence-corrected chi connectivity index (χ4v) is 3.15. The second-order valence-electron chi connectivity index (χ2n) is 4.05. The van der Waals surface area contributed by atoms with Crippen molar-refractivity contribution in [2.75, 3.05) is 0 Å². The van der Waals surface area contributed by atoms with Crippen LogP contribution in [0.15, 0.2) is 23.1 Å². The third-order valence-electron chi connectivity index (χ3n) is 2.55. The van der Waals surface area contributed by atoms with E-state index in [1.165, 1.54) is 0 Å². The molecule has 0 saturated carbocycles. The molecule has 0 spiro atoms. The van der Waals surface area contributed by atoms with Crippen molar-refractivity contribution < 1.29 is 14.6 Å². The average molecular weight is 238 g/mol. The van der Waals surface area contributed by atoms with Crippen LogP contribution in [-0.4, -0.2) is 16.0 Å². The first kappa shape index (κ1) is 11.3. The maximum Gasteiger partial charge on any atom is 0.335 e. The van der Waals surface area contributed by atoms with Gasteiger partial charge < -0.3 is 9.84 Å². The average Bonchev–Trinajstić information content (AvgIpc) is 2.52. The number of carboxylic acids is 1. The predicted octanol–water partition coefficient (Wildman–Crippen LogP) is 3.39. The Morgan fingerprint density at radius 2 is 2.31 bits per heavy atom. The van der Waals surface area contributed by atoms with Crippen LogP contribution in [0, 0.1) is 0 Å². The van der Waals surface area contributed by atoms with Gasteiger partial charge in [-0.3, -0.25) is 0 Å². The molecule has 0 saturated heterocycles. The standard InChI is InChI=1S/C12H14O3S/c1-3-6-12(2)15-9-5-4-8(11(13)14)7-10(9)16-12/h4-5,7H,3,6H2,1-2H3,(H,13,14). The lowest BCUT2D eigenvalue weighted by molar-refractivity contribution is 0.0696. The number of benzene rings is 1. The molecule has 3 nitrogen and oxygen atoms in total. The van der Waals surface area contributed by atoms with Crippen LogP contribution in [0.5, 0.6) is 5.75 Å². The van der Waals surface area contributed by atoms with Gasteiger partial charge >= 0.3 is 5.97 Å². The third kappa shape index (κ3) is 2.02. The minimum absolute atomic E-state index is 0.242. The zero-order valence-corrected chi connectivity index (χ0v) is 10.1. The minimum Gasteiger partial charge on any atom is -0.478 e. The fourth-order valence-electron chi connectivity index (χ4n) is 1.85. The van der Waals surface area contributed by atoms with Gasteiger partial charge in [-0.25, -0.2) is 4.79 Å². The number of hydrogen-bond acceptors (Lipinski definition) is 3. The first-order valence-corrected chi connectivity index (χ1v) is 6.11. The van der Waals surface area contributed by atoms with Crippen molar-refractivity contribution in [3.63, 3.8) is 0 Å². The van der Waals surface area contributed by atoms with Crippen LogP contribution in [0.2, 0.25) is 0 Å². The smallest absolute Gasteiger partial charge is 0.335 e. The Kier molecular flexibility index (Phi) is 2.84. The molecule has 16 heavy (non-hydrogen) atoms. The van der Waals surface area contributed by atoms with Crippen LogP contribution < -0.4 is 4.74 Å². The number of carbonyl (C=O) groups is 1. The zero-order valence-electron chi connectivity index (χ0n) is 9.32. The molecular weight excluding hydrogens is 224 g/mol. The van der Waals surface area contributed by atoms with E-state index in [1.807, 2.05) is 6.92 Å². The summed E-state index contributed by atoms with van der Waals surface area (Å²) in [7, 11) is 0. The summed E-state index contributed by atoms with van der Waals surface area (Å²) in [6.07, 6.45) is 2.00. The van der Waals surface area contributed by atoms with Crippen LogP contribution in [0.25, 0.3) is 0 Å². The lowest BCUT2D eigenvalue weighted by Crippen LogP contribution is -2.23. The molecule has 0 fully saturated rings. The molecule has 0 bridgehead atoms. The Bertz CT molecular complexity index is 430. The van der Waals surface area contributed by atoms with Gasteiger partial charge in [-0.1, -0.05) is 25.1 Å². The number of hydrogen-bond donors (Lipinski definition) is 1. The van der Waals surface area contributed by atoms with E-state index in [2.05, 4.69) is 6.92 Å². The lowest BCUT2D eigenvalue weighted by Gasteiger charge is -2.21. The van der Waals surface area contributed by atoms with Gasteiger partial charge in [0.25, 0.3) is 0 Å². The molecule has 1 atom stereocenters. The highest BCUT2D eigenvalue weighted by atomic mass is 32.2. The molecular formula is C12H14O3S. The molecule has 2 rings (SSSR count). The molecule has 1 aliphatic heterocycles. The Labute approximate surface area is 98.8 Å². The maximum absolute atomic E-state index is 10.8. The Morgan fingerprint density at radius 3 is 2.94 bits per heavy atom. The summed E-state index contributed by atoms with van der Waals surface area (Å²) in [5.74, 6) is -0.0987. The van der Waals surface area contributed by atoms with Crippen molar-refractivity contribution >= 4 is 17.7 Å². The second kappa shape index (κ2) is 4.01. The van der Waals surface area contributed by atoms with Crippen molar-refractivity contribution in [2.45, 2.75) is 36.5 Å². The number of carboxylic acid groups (broad SMARTS) is 1. The molecule has 0 radical (unpaired) electrons. The molecule has 4 heteroatoms. The molecule has 0 aliphatic carbocycles. The van der Waals surface area contributed by atoms with Crippen molar-refractivity contribution in [3.8, 4) is 5.75 Å². The van der Waals surface area contributed by atoms with Crippen molar-refractivity contribution in [3.05, 3.63) is 23.8 Å². The summed E-state index contributed by atoms with van der Waals surface area (Å²) in [6.45, 7) is 4.16. The summed E-state index contributed by atoms with van der Waals surface area (Å²) in [4.78, 5) is 11.5. The van der Waals surface area contributed by atoms with E-state index < -0.39 is 5.97 Å². The van der Waals surface area contributed by atoms with Gasteiger partial charge in [-0.05, 0) is 31.5 Å². The normalized spacial score (nSPS) is 22.6. The highest BCUT2D eigenvalue weighted by Crippen LogP contribution is 2.49. The molecule has 1 N–H and O–H groups in total. The molecule has 1 aliphatic rings. The molecule has 1 aromatic carbocycles. The van der Waals surface area contributed by atoms with Gasteiger partial charge in [0.2, 0.25) is 0 Å². The summed E-state index contributed by atoms with van der Waals surface area (Å²) in [5.41, 5.74) is 0.315. The number of thioether (sulfide) groups is 1. The Balaban J connectivity index is 2.27. The number of fused-ring (bicyclic) bond motifs is 1. The molecule has 1 aromatic rings. The van der Waals surface area contributed by atoms with Gasteiger partial charge in [0, 0.05) is 0 Å². The highest BCUT2D eigenvalue weighted by molar-refractivity contribution is 8.00. The second-order valence-corrected chi connectivity index (χ2v) is 5.56. The Morgan fingerprint density at radius 1 is 1.56 bits per heavy atom. The van der Waals surface area contributed by atoms with Crippen molar-refractivity contribution in [1.29, 1.82) is 0 Å². The van der Waals surface area contributed by atoms with Crippen LogP contribution >= 0.6 is 11.8 Å². The monoisotopic (exact) mass is 238 g/mol. The van der Waals surface area contributed by atoms with Crippen LogP contribution in [0.4, 0.5) is 0 Å². The number of rotatable bonds is 3. The predicted molar refractivity (Wildman–Crippen MR) is 63.2 cm³/mol. The van der Waals surface area contributed by atoms with Gasteiger partial charge in [-0.2, -0.15) is 0 Å². The SMILES string of the molecule is CCCC1(C)Oc2ccc(C(=O)O)cc2S1. The molecule has 86 valence electrons. The van der Waals surface area contributed by atoms with E-state index in [1.54, 1.807) is 30.0 Å². The summed E-state index contributed by atoms with van der Waals surface area (Å²) in [6, 6.07) is 5.01. The van der Waals surface area contributed by atoms with Crippen molar-refractivity contribution in [1.82, 2.24) is 0 Å². The van der Waals surface area contributed by atoms with Crippen LogP contribution in [-0.2, 0) is 0 Å². The van der Waals surface area contributed by atoms with Gasteiger partial charge in [-0.15, -0.1) is 0 Å². The van der Waals surface area contributed by atoms with E-state index in [0.29, 0.717) is 5.56 Å². The molecule has 1 heterocycles. The third-order valence-corrected chi connectivity index (χ3v) is 3.80. The van der Waals surface area contributed by atoms with Gasteiger partial charge in [0.15, 0.2) is 4.93 Å². The molecule has 0 aromatic heterocycles. The van der Waals surface area contributed by atoms with E-state index in [-0.39, 0.29) is 4.93 Å². The van der Waals surface area contributed by atoms with Crippen molar-refractivity contribution in [2.24, 2.45) is 0 Å². The highest BCUT2D eigenvalue weighted by Gasteiger charge is 2.35. The van der Waals surface area contributed by atoms with E-state index in [0.717, 1.165) is 23.5 Å². The summed E-state index contributed by atoms with van der Waals surface area (Å²) < 4.78 is 5.84. The molecule has 1 unspecified atom stereocenters. The van der Waals surface area contributed by atoms with E-state index in [4.69, 9.17) is 9.84 Å². The number of ether oxygens (including phenoxy) is 1. The maximum atomic E-state index is 10.8.